The molecule has 5 heteroatoms. The van der Waals surface area contributed by atoms with E-state index in [1.54, 1.807) is 4.90 Å². The van der Waals surface area contributed by atoms with Crippen molar-refractivity contribution >= 4 is 12.0 Å². The minimum Gasteiger partial charge on any atom is -0.481 e. The summed E-state index contributed by atoms with van der Waals surface area (Å²) in [5.74, 6) is -0.532. The van der Waals surface area contributed by atoms with E-state index in [4.69, 9.17) is 5.11 Å². The molecule has 1 saturated heterocycles. The van der Waals surface area contributed by atoms with Crippen LogP contribution in [0.2, 0.25) is 0 Å². The molecule has 0 radical (unpaired) electrons. The predicted molar refractivity (Wildman–Crippen MR) is 69.5 cm³/mol. The number of carboxylic acid groups (broad SMARTS) is 1. The highest BCUT2D eigenvalue weighted by atomic mass is 16.4. The van der Waals surface area contributed by atoms with E-state index in [1.807, 2.05) is 20.8 Å². The molecule has 0 saturated carbocycles. The quantitative estimate of drug-likeness (QED) is 0.809. The van der Waals surface area contributed by atoms with Gasteiger partial charge in [-0.2, -0.15) is 0 Å². The van der Waals surface area contributed by atoms with Crippen LogP contribution in [-0.2, 0) is 4.79 Å². The summed E-state index contributed by atoms with van der Waals surface area (Å²) in [7, 11) is 0. The van der Waals surface area contributed by atoms with Gasteiger partial charge < -0.3 is 15.3 Å². The number of carboxylic acids is 1. The summed E-state index contributed by atoms with van der Waals surface area (Å²) < 4.78 is 0. The van der Waals surface area contributed by atoms with Gasteiger partial charge in [-0.3, -0.25) is 4.79 Å². The summed E-state index contributed by atoms with van der Waals surface area (Å²) in [5.41, 5.74) is -0.186. The molecule has 1 heterocycles. The van der Waals surface area contributed by atoms with E-state index in [0.29, 0.717) is 13.1 Å². The molecule has 0 unspecified atom stereocenters. The van der Waals surface area contributed by atoms with Crippen molar-refractivity contribution < 1.29 is 14.7 Å². The highest BCUT2D eigenvalue weighted by Gasteiger charge is 2.27. The zero-order chi connectivity index (χ0) is 13.8. The van der Waals surface area contributed by atoms with Gasteiger partial charge in [0, 0.05) is 25.0 Å². The first-order valence-electron chi connectivity index (χ1n) is 6.63. The fourth-order valence-corrected chi connectivity index (χ4v) is 2.04. The first-order chi connectivity index (χ1) is 8.34. The molecule has 2 N–H and O–H groups in total. The van der Waals surface area contributed by atoms with Crippen molar-refractivity contribution in [3.63, 3.8) is 0 Å². The maximum atomic E-state index is 12.0. The van der Waals surface area contributed by atoms with Crippen LogP contribution in [0.5, 0.6) is 0 Å². The third-order valence-electron chi connectivity index (χ3n) is 3.69. The zero-order valence-electron chi connectivity index (χ0n) is 11.5. The topological polar surface area (TPSA) is 69.6 Å². The number of hydrogen-bond acceptors (Lipinski definition) is 2. The van der Waals surface area contributed by atoms with Gasteiger partial charge in [0.05, 0.1) is 0 Å². The van der Waals surface area contributed by atoms with Crippen molar-refractivity contribution in [1.29, 1.82) is 0 Å². The molecule has 0 aromatic heterocycles. The summed E-state index contributed by atoms with van der Waals surface area (Å²) >= 11 is 0. The van der Waals surface area contributed by atoms with E-state index in [0.717, 1.165) is 19.3 Å². The number of carbonyl (C=O) groups is 2. The fraction of sp³-hybridized carbons (Fsp3) is 0.846. The van der Waals surface area contributed by atoms with E-state index >= 15 is 0 Å². The van der Waals surface area contributed by atoms with Crippen LogP contribution in [-0.4, -0.2) is 40.6 Å². The van der Waals surface area contributed by atoms with Crippen molar-refractivity contribution in [2.45, 2.75) is 52.0 Å². The second kappa shape index (κ2) is 6.07. The number of nitrogens with zero attached hydrogens (tertiary/aromatic N) is 1. The summed E-state index contributed by atoms with van der Waals surface area (Å²) in [4.78, 5) is 24.4. The second-order valence-electron chi connectivity index (χ2n) is 5.70. The van der Waals surface area contributed by atoms with Gasteiger partial charge in [-0.25, -0.2) is 4.79 Å². The minimum atomic E-state index is -0.745. The Morgan fingerprint density at radius 1 is 1.33 bits per heavy atom. The molecular formula is C13H24N2O3. The number of amides is 2. The van der Waals surface area contributed by atoms with Crippen LogP contribution in [0, 0.1) is 5.92 Å². The normalized spacial score (nSPS) is 17.6. The number of rotatable bonds is 4. The van der Waals surface area contributed by atoms with Gasteiger partial charge in [-0.15, -0.1) is 0 Å². The monoisotopic (exact) mass is 256 g/mol. The van der Waals surface area contributed by atoms with Gasteiger partial charge in [-0.05, 0) is 39.0 Å². The molecule has 0 atom stereocenters. The molecule has 0 aromatic carbocycles. The molecule has 0 spiro atoms. The molecule has 2 amide bonds. The number of hydrogen-bond donors (Lipinski definition) is 2. The Morgan fingerprint density at radius 2 is 1.89 bits per heavy atom. The molecule has 0 aliphatic carbocycles. The molecular weight excluding hydrogens is 232 g/mol. The van der Waals surface area contributed by atoms with Crippen LogP contribution in [0.1, 0.15) is 46.5 Å². The number of urea groups is 1. The molecule has 1 aliphatic heterocycles. The maximum absolute atomic E-state index is 12.0. The smallest absolute Gasteiger partial charge is 0.317 e. The Morgan fingerprint density at radius 3 is 2.33 bits per heavy atom. The molecule has 0 bridgehead atoms. The van der Waals surface area contributed by atoms with Crippen LogP contribution in [0.3, 0.4) is 0 Å². The highest BCUT2D eigenvalue weighted by Crippen LogP contribution is 2.21. The van der Waals surface area contributed by atoms with E-state index in [1.165, 1.54) is 0 Å². The van der Waals surface area contributed by atoms with Gasteiger partial charge in [-0.1, -0.05) is 6.92 Å². The highest BCUT2D eigenvalue weighted by molar-refractivity contribution is 5.75. The fourth-order valence-electron chi connectivity index (χ4n) is 2.04. The summed E-state index contributed by atoms with van der Waals surface area (Å²) in [6.07, 6.45) is 2.67. The Bertz CT molecular complexity index is 307. The van der Waals surface area contributed by atoms with Crippen molar-refractivity contribution in [1.82, 2.24) is 10.2 Å². The average molecular weight is 256 g/mol. The molecule has 1 fully saturated rings. The SMILES string of the molecule is CCC(C)(C)NC(=O)N1CCC(CC(=O)O)CC1. The van der Waals surface area contributed by atoms with Crippen LogP contribution in [0.4, 0.5) is 4.79 Å². The van der Waals surface area contributed by atoms with Crippen molar-refractivity contribution in [2.24, 2.45) is 5.92 Å². The van der Waals surface area contributed by atoms with Gasteiger partial charge in [0.25, 0.3) is 0 Å². The maximum Gasteiger partial charge on any atom is 0.317 e. The third kappa shape index (κ3) is 4.55. The summed E-state index contributed by atoms with van der Waals surface area (Å²) in [6, 6.07) is -0.0318. The van der Waals surface area contributed by atoms with E-state index in [2.05, 4.69) is 5.32 Å². The third-order valence-corrected chi connectivity index (χ3v) is 3.69. The Balaban J connectivity index is 2.38. The van der Waals surface area contributed by atoms with E-state index < -0.39 is 5.97 Å². The minimum absolute atomic E-state index is 0.0318. The number of aliphatic carboxylic acids is 1. The Kier molecular flexibility index (Phi) is 4.99. The van der Waals surface area contributed by atoms with Gasteiger partial charge in [0.1, 0.15) is 0 Å². The lowest BCUT2D eigenvalue weighted by atomic mass is 9.94. The van der Waals surface area contributed by atoms with E-state index in [9.17, 15) is 9.59 Å². The molecule has 1 rings (SSSR count). The second-order valence-corrected chi connectivity index (χ2v) is 5.70. The number of carbonyl (C=O) groups excluding carboxylic acids is 1. The van der Waals surface area contributed by atoms with Crippen LogP contribution < -0.4 is 5.32 Å². The van der Waals surface area contributed by atoms with Crippen molar-refractivity contribution in [2.75, 3.05) is 13.1 Å². The van der Waals surface area contributed by atoms with Gasteiger partial charge >= 0.3 is 12.0 Å². The largest absolute Gasteiger partial charge is 0.481 e. The lowest BCUT2D eigenvalue weighted by Gasteiger charge is -2.34. The van der Waals surface area contributed by atoms with Crippen LogP contribution in [0.25, 0.3) is 0 Å². The lowest BCUT2D eigenvalue weighted by molar-refractivity contribution is -0.138. The number of nitrogens with one attached hydrogen (secondary N) is 1. The predicted octanol–water partition coefficient (Wildman–Crippen LogP) is 2.07. The molecule has 5 nitrogen and oxygen atoms in total. The molecule has 104 valence electrons. The average Bonchev–Trinajstić information content (AvgIpc) is 2.28. The lowest BCUT2D eigenvalue weighted by Crippen LogP contribution is -2.51. The van der Waals surface area contributed by atoms with Gasteiger partial charge in [0.2, 0.25) is 0 Å². The number of piperidine rings is 1. The first-order valence-corrected chi connectivity index (χ1v) is 6.63. The molecule has 0 aromatic rings. The molecule has 18 heavy (non-hydrogen) atoms. The summed E-state index contributed by atoms with van der Waals surface area (Å²) in [5, 5.41) is 11.7. The van der Waals surface area contributed by atoms with Crippen molar-refractivity contribution in [3.05, 3.63) is 0 Å². The summed E-state index contributed by atoms with van der Waals surface area (Å²) in [6.45, 7) is 7.36. The zero-order valence-corrected chi connectivity index (χ0v) is 11.5. The molecule has 1 aliphatic rings. The first kappa shape index (κ1) is 14.8. The van der Waals surface area contributed by atoms with E-state index in [-0.39, 0.29) is 23.9 Å². The van der Waals surface area contributed by atoms with Gasteiger partial charge in [0.15, 0.2) is 0 Å². The van der Waals surface area contributed by atoms with Crippen molar-refractivity contribution in [3.8, 4) is 0 Å². The van der Waals surface area contributed by atoms with Crippen LogP contribution in [0.15, 0.2) is 0 Å². The standard InChI is InChI=1S/C13H24N2O3/c1-4-13(2,3)14-12(18)15-7-5-10(6-8-15)9-11(16)17/h10H,4-9H2,1-3H3,(H,14,18)(H,16,17). The Labute approximate surface area is 109 Å². The number of likely N-dealkylation sites (tertiary alicyclic amines) is 1. The van der Waals surface area contributed by atoms with Crippen LogP contribution >= 0.6 is 0 Å². The Hall–Kier alpha value is -1.26.